The van der Waals surface area contributed by atoms with Gasteiger partial charge in [-0.3, -0.25) is 9.59 Å². The van der Waals surface area contributed by atoms with Crippen LogP contribution >= 0.6 is 11.6 Å². The van der Waals surface area contributed by atoms with Crippen molar-refractivity contribution in [2.45, 2.75) is 85.4 Å². The number of rotatable bonds is 10. The molecule has 1 aliphatic rings. The van der Waals surface area contributed by atoms with Gasteiger partial charge in [0, 0.05) is 47.5 Å². The van der Waals surface area contributed by atoms with Gasteiger partial charge in [-0.15, -0.1) is 0 Å². The molecule has 1 aliphatic carbocycles. The summed E-state index contributed by atoms with van der Waals surface area (Å²) in [5, 5.41) is 6.53. The van der Waals surface area contributed by atoms with Gasteiger partial charge in [0.25, 0.3) is 5.91 Å². The van der Waals surface area contributed by atoms with E-state index in [0.29, 0.717) is 29.2 Å². The van der Waals surface area contributed by atoms with E-state index < -0.39 is 0 Å². The lowest BCUT2D eigenvalue weighted by Gasteiger charge is -2.40. The predicted octanol–water partition coefficient (Wildman–Crippen LogP) is 4.87. The molecule has 34 heavy (non-hydrogen) atoms. The molecular formula is C27H45ClN4O2. The summed E-state index contributed by atoms with van der Waals surface area (Å²) in [7, 11) is 4.32. The van der Waals surface area contributed by atoms with Crippen LogP contribution in [-0.2, 0) is 4.79 Å². The Bertz CT molecular complexity index is 832. The van der Waals surface area contributed by atoms with Crippen LogP contribution in [0.25, 0.3) is 0 Å². The first kappa shape index (κ1) is 28.4. The highest BCUT2D eigenvalue weighted by atomic mass is 35.5. The monoisotopic (exact) mass is 492 g/mol. The number of hydrogen-bond acceptors (Lipinski definition) is 4. The molecule has 0 saturated heterocycles. The number of carbonyl (C=O) groups is 2. The fourth-order valence-corrected chi connectivity index (χ4v) is 5.24. The molecule has 7 heteroatoms. The van der Waals surface area contributed by atoms with Crippen LogP contribution in [0.3, 0.4) is 0 Å². The Kier molecular flexibility index (Phi) is 10.7. The van der Waals surface area contributed by atoms with Crippen LogP contribution in [0.5, 0.6) is 0 Å². The number of carbonyl (C=O) groups excluding carboxylic acids is 2. The van der Waals surface area contributed by atoms with Crippen molar-refractivity contribution in [3.05, 3.63) is 28.3 Å². The number of nitrogens with zero attached hydrogens (tertiary/aromatic N) is 2. The lowest BCUT2D eigenvalue weighted by molar-refractivity contribution is -0.126. The van der Waals surface area contributed by atoms with Crippen LogP contribution in [-0.4, -0.2) is 62.0 Å². The van der Waals surface area contributed by atoms with Crippen LogP contribution in [0.4, 0.5) is 5.69 Å². The highest BCUT2D eigenvalue weighted by Gasteiger charge is 2.29. The van der Waals surface area contributed by atoms with Crippen molar-refractivity contribution in [1.29, 1.82) is 0 Å². The highest BCUT2D eigenvalue weighted by Crippen LogP contribution is 2.34. The Labute approximate surface area is 211 Å². The summed E-state index contributed by atoms with van der Waals surface area (Å²) in [5.41, 5.74) is 2.55. The molecule has 1 unspecified atom stereocenters. The Balaban J connectivity index is 2.20. The minimum absolute atomic E-state index is 0.0284. The minimum atomic E-state index is -0.288. The molecule has 192 valence electrons. The maximum absolute atomic E-state index is 13.2. The number of nitrogens with one attached hydrogen (secondary N) is 2. The first-order chi connectivity index (χ1) is 16.0. The van der Waals surface area contributed by atoms with Gasteiger partial charge >= 0.3 is 0 Å². The molecule has 0 heterocycles. The van der Waals surface area contributed by atoms with Gasteiger partial charge in [-0.1, -0.05) is 25.4 Å². The van der Waals surface area contributed by atoms with Gasteiger partial charge in [0.15, 0.2) is 0 Å². The van der Waals surface area contributed by atoms with E-state index in [1.54, 1.807) is 6.07 Å². The smallest absolute Gasteiger partial charge is 0.251 e. The summed E-state index contributed by atoms with van der Waals surface area (Å²) in [6.07, 6.45) is 4.61. The summed E-state index contributed by atoms with van der Waals surface area (Å²) < 4.78 is 0. The Morgan fingerprint density at radius 2 is 1.65 bits per heavy atom. The van der Waals surface area contributed by atoms with Crippen molar-refractivity contribution in [2.75, 3.05) is 32.1 Å². The van der Waals surface area contributed by atoms with E-state index in [-0.39, 0.29) is 29.7 Å². The molecule has 6 nitrogen and oxygen atoms in total. The number of benzene rings is 1. The topological polar surface area (TPSA) is 64.7 Å². The highest BCUT2D eigenvalue weighted by molar-refractivity contribution is 6.31. The standard InChI is InChI=1S/C27H45ClN4O2/c1-9-32(22-12-10-21(11-13-22)31(7)8)25-15-20(28)14-23(19(25)6)26(33)29-16-24(17(2)3)27(34)30-18(4)5/h14-15,17-18,21-22,24H,9-13,16H2,1-8H3,(H,29,33)(H,30,34). The molecular weight excluding hydrogens is 448 g/mol. The van der Waals surface area contributed by atoms with E-state index in [0.717, 1.165) is 30.6 Å². The largest absolute Gasteiger partial charge is 0.369 e. The molecule has 0 aliphatic heterocycles. The second kappa shape index (κ2) is 12.8. The maximum Gasteiger partial charge on any atom is 0.251 e. The second-order valence-electron chi connectivity index (χ2n) is 10.5. The molecule has 0 aromatic heterocycles. The van der Waals surface area contributed by atoms with Crippen molar-refractivity contribution >= 4 is 29.1 Å². The summed E-state index contributed by atoms with van der Waals surface area (Å²) >= 11 is 6.51. The van der Waals surface area contributed by atoms with Gasteiger partial charge in [0.1, 0.15) is 0 Å². The molecule has 2 rings (SSSR count). The Hall–Kier alpha value is -1.79. The van der Waals surface area contributed by atoms with Gasteiger partial charge in [-0.05, 0) is 91.1 Å². The van der Waals surface area contributed by atoms with Crippen molar-refractivity contribution in [1.82, 2.24) is 15.5 Å². The summed E-state index contributed by atoms with van der Waals surface area (Å²) in [6.45, 7) is 13.2. The summed E-state index contributed by atoms with van der Waals surface area (Å²) in [6, 6.07) is 4.88. The first-order valence-corrected chi connectivity index (χ1v) is 13.2. The van der Waals surface area contributed by atoms with Gasteiger partial charge in [0.2, 0.25) is 5.91 Å². The van der Waals surface area contributed by atoms with Crippen molar-refractivity contribution in [2.24, 2.45) is 11.8 Å². The van der Waals surface area contributed by atoms with Crippen LogP contribution < -0.4 is 15.5 Å². The SMILES string of the molecule is CCN(c1cc(Cl)cc(C(=O)NCC(C(=O)NC(C)C)C(C)C)c1C)C1CCC(N(C)C)CC1. The molecule has 1 atom stereocenters. The predicted molar refractivity (Wildman–Crippen MR) is 143 cm³/mol. The number of anilines is 1. The first-order valence-electron chi connectivity index (χ1n) is 12.8. The van der Waals surface area contributed by atoms with Gasteiger partial charge < -0.3 is 20.4 Å². The van der Waals surface area contributed by atoms with E-state index in [1.807, 2.05) is 40.7 Å². The third-order valence-electron chi connectivity index (χ3n) is 7.13. The van der Waals surface area contributed by atoms with Crippen LogP contribution in [0, 0.1) is 18.8 Å². The minimum Gasteiger partial charge on any atom is -0.369 e. The second-order valence-corrected chi connectivity index (χ2v) is 11.0. The van der Waals surface area contributed by atoms with Crippen molar-refractivity contribution in [3.8, 4) is 0 Å². The van der Waals surface area contributed by atoms with E-state index >= 15 is 0 Å². The van der Waals surface area contributed by atoms with Crippen LogP contribution in [0.15, 0.2) is 12.1 Å². The fourth-order valence-electron chi connectivity index (χ4n) is 5.03. The third-order valence-corrected chi connectivity index (χ3v) is 7.35. The zero-order valence-electron chi connectivity index (χ0n) is 22.4. The Morgan fingerprint density at radius 1 is 1.06 bits per heavy atom. The van der Waals surface area contributed by atoms with Crippen LogP contribution in [0.1, 0.15) is 76.2 Å². The molecule has 2 N–H and O–H groups in total. The van der Waals surface area contributed by atoms with E-state index in [2.05, 4.69) is 41.5 Å². The third kappa shape index (κ3) is 7.35. The number of halogens is 1. The lowest BCUT2D eigenvalue weighted by Crippen LogP contribution is -2.44. The molecule has 0 spiro atoms. The van der Waals surface area contributed by atoms with Gasteiger partial charge in [-0.25, -0.2) is 0 Å². The molecule has 1 saturated carbocycles. The molecule has 0 bridgehead atoms. The number of hydrogen-bond donors (Lipinski definition) is 2. The average molecular weight is 493 g/mol. The normalized spacial score (nSPS) is 19.4. The van der Waals surface area contributed by atoms with E-state index in [4.69, 9.17) is 11.6 Å². The summed E-state index contributed by atoms with van der Waals surface area (Å²) in [5.74, 6) is -0.386. The zero-order valence-corrected chi connectivity index (χ0v) is 23.1. The molecule has 1 aromatic carbocycles. The van der Waals surface area contributed by atoms with Crippen molar-refractivity contribution in [3.63, 3.8) is 0 Å². The van der Waals surface area contributed by atoms with Crippen molar-refractivity contribution < 1.29 is 9.59 Å². The van der Waals surface area contributed by atoms with E-state index in [9.17, 15) is 9.59 Å². The summed E-state index contributed by atoms with van der Waals surface area (Å²) in [4.78, 5) is 30.6. The molecule has 1 fully saturated rings. The lowest BCUT2D eigenvalue weighted by atomic mass is 9.88. The zero-order chi connectivity index (χ0) is 25.6. The van der Waals surface area contributed by atoms with Gasteiger partial charge in [-0.2, -0.15) is 0 Å². The molecule has 0 radical (unpaired) electrons. The molecule has 1 aromatic rings. The number of amides is 2. The average Bonchev–Trinajstić information content (AvgIpc) is 2.75. The molecule has 2 amide bonds. The van der Waals surface area contributed by atoms with Crippen LogP contribution in [0.2, 0.25) is 5.02 Å². The van der Waals surface area contributed by atoms with Gasteiger partial charge in [0.05, 0.1) is 5.92 Å². The Morgan fingerprint density at radius 3 is 2.15 bits per heavy atom. The maximum atomic E-state index is 13.2. The quantitative estimate of drug-likeness (QED) is 0.489. The fraction of sp³-hybridized carbons (Fsp3) is 0.704. The van der Waals surface area contributed by atoms with E-state index in [1.165, 1.54) is 12.8 Å².